The van der Waals surface area contributed by atoms with E-state index >= 15 is 0 Å². The number of rotatable bonds is 2. The molecule has 0 amide bonds. The van der Waals surface area contributed by atoms with Crippen molar-refractivity contribution in [1.29, 1.82) is 5.26 Å². The van der Waals surface area contributed by atoms with Crippen molar-refractivity contribution in [3.05, 3.63) is 53.9 Å². The summed E-state index contributed by atoms with van der Waals surface area (Å²) in [5, 5.41) is 8.68. The molecule has 0 saturated heterocycles. The highest BCUT2D eigenvalue weighted by Crippen LogP contribution is 2.28. The Morgan fingerprint density at radius 3 is 2.53 bits per heavy atom. The third-order valence-corrected chi connectivity index (χ3v) is 2.95. The zero-order valence-electron chi connectivity index (χ0n) is 8.52. The third-order valence-electron chi connectivity index (χ3n) is 1.97. The van der Waals surface area contributed by atoms with E-state index in [1.807, 2.05) is 6.07 Å². The van der Waals surface area contributed by atoms with Crippen molar-refractivity contribution in [2.45, 2.75) is 9.79 Å². The van der Waals surface area contributed by atoms with E-state index in [4.69, 9.17) is 5.26 Å². The summed E-state index contributed by atoms with van der Waals surface area (Å²) >= 11 is 1.24. The van der Waals surface area contributed by atoms with E-state index in [1.165, 1.54) is 24.0 Å². The second kappa shape index (κ2) is 4.93. The monoisotopic (exact) mass is 248 g/mol. The average Bonchev–Trinajstić information content (AvgIpc) is 2.34. The molecule has 0 saturated carbocycles. The van der Waals surface area contributed by atoms with Crippen LogP contribution in [0.25, 0.3) is 0 Å². The molecular weight excluding hydrogens is 242 g/mol. The number of pyridine rings is 1. The lowest BCUT2D eigenvalue weighted by molar-refractivity contribution is 0.506. The van der Waals surface area contributed by atoms with Gasteiger partial charge >= 0.3 is 0 Å². The van der Waals surface area contributed by atoms with Crippen LogP contribution in [-0.4, -0.2) is 4.98 Å². The van der Waals surface area contributed by atoms with Gasteiger partial charge in [-0.2, -0.15) is 5.26 Å². The minimum atomic E-state index is -0.885. The van der Waals surface area contributed by atoms with Gasteiger partial charge in [0.2, 0.25) is 0 Å². The molecule has 0 fully saturated rings. The molecule has 17 heavy (non-hydrogen) atoms. The standard InChI is InChI=1S/C12H6F2N2S/c13-11-2-1-9(6-12(11)14)17-10-3-4-16-8(5-10)7-15/h1-6H. The smallest absolute Gasteiger partial charge is 0.159 e. The summed E-state index contributed by atoms with van der Waals surface area (Å²) in [4.78, 5) is 5.14. The molecule has 5 heteroatoms. The molecule has 0 unspecified atom stereocenters. The summed E-state index contributed by atoms with van der Waals surface area (Å²) in [6, 6.07) is 8.88. The second-order valence-corrected chi connectivity index (χ2v) is 4.31. The maximum Gasteiger partial charge on any atom is 0.159 e. The van der Waals surface area contributed by atoms with E-state index in [1.54, 1.807) is 12.1 Å². The van der Waals surface area contributed by atoms with Gasteiger partial charge in [0, 0.05) is 16.0 Å². The van der Waals surface area contributed by atoms with Crippen LogP contribution in [0.4, 0.5) is 8.78 Å². The lowest BCUT2D eigenvalue weighted by Crippen LogP contribution is -1.85. The zero-order chi connectivity index (χ0) is 12.3. The first-order valence-corrected chi connectivity index (χ1v) is 5.50. The Hall–Kier alpha value is -1.93. The van der Waals surface area contributed by atoms with E-state index in [0.29, 0.717) is 4.90 Å². The quantitative estimate of drug-likeness (QED) is 0.817. The molecule has 1 heterocycles. The number of nitrogens with zero attached hydrogens (tertiary/aromatic N) is 2. The van der Waals surface area contributed by atoms with Crippen LogP contribution in [0, 0.1) is 23.0 Å². The van der Waals surface area contributed by atoms with Crippen molar-refractivity contribution in [2.24, 2.45) is 0 Å². The number of hydrogen-bond donors (Lipinski definition) is 0. The minimum Gasteiger partial charge on any atom is -0.245 e. The molecule has 0 aliphatic carbocycles. The molecule has 2 nitrogen and oxygen atoms in total. The number of benzene rings is 1. The highest BCUT2D eigenvalue weighted by Gasteiger charge is 2.04. The van der Waals surface area contributed by atoms with E-state index in [0.717, 1.165) is 17.0 Å². The summed E-state index contributed by atoms with van der Waals surface area (Å²) in [7, 11) is 0. The van der Waals surface area contributed by atoms with Crippen LogP contribution in [0.2, 0.25) is 0 Å². The second-order valence-electron chi connectivity index (χ2n) is 3.17. The van der Waals surface area contributed by atoms with Gasteiger partial charge in [-0.05, 0) is 30.3 Å². The van der Waals surface area contributed by atoms with Crippen molar-refractivity contribution in [2.75, 3.05) is 0 Å². The molecule has 0 aliphatic rings. The van der Waals surface area contributed by atoms with Crippen molar-refractivity contribution >= 4 is 11.8 Å². The van der Waals surface area contributed by atoms with Gasteiger partial charge in [0.25, 0.3) is 0 Å². The highest BCUT2D eigenvalue weighted by atomic mass is 32.2. The number of nitriles is 1. The zero-order valence-corrected chi connectivity index (χ0v) is 9.34. The molecule has 84 valence electrons. The molecule has 0 N–H and O–H groups in total. The van der Waals surface area contributed by atoms with Gasteiger partial charge in [-0.25, -0.2) is 13.8 Å². The molecule has 0 spiro atoms. The van der Waals surface area contributed by atoms with Gasteiger partial charge in [-0.15, -0.1) is 0 Å². The molecule has 1 aromatic heterocycles. The predicted molar refractivity (Wildman–Crippen MR) is 59.4 cm³/mol. The molecule has 2 aromatic rings. The lowest BCUT2D eigenvalue weighted by atomic mass is 10.3. The van der Waals surface area contributed by atoms with Gasteiger partial charge < -0.3 is 0 Å². The fourth-order valence-electron chi connectivity index (χ4n) is 1.21. The largest absolute Gasteiger partial charge is 0.245 e. The first-order valence-electron chi connectivity index (χ1n) is 4.68. The Morgan fingerprint density at radius 2 is 1.82 bits per heavy atom. The number of hydrogen-bond acceptors (Lipinski definition) is 3. The van der Waals surface area contributed by atoms with Crippen molar-refractivity contribution in [3.63, 3.8) is 0 Å². The van der Waals surface area contributed by atoms with E-state index < -0.39 is 11.6 Å². The van der Waals surface area contributed by atoms with Crippen LogP contribution in [-0.2, 0) is 0 Å². The molecule has 2 rings (SSSR count). The molecule has 0 aliphatic heterocycles. The molecule has 0 atom stereocenters. The van der Waals surface area contributed by atoms with E-state index in [9.17, 15) is 8.78 Å². The summed E-state index contributed by atoms with van der Waals surface area (Å²) < 4.78 is 25.7. The van der Waals surface area contributed by atoms with Crippen LogP contribution < -0.4 is 0 Å². The Kier molecular flexibility index (Phi) is 3.35. The van der Waals surface area contributed by atoms with Gasteiger partial charge in [0.1, 0.15) is 11.8 Å². The Bertz CT molecular complexity index is 593. The average molecular weight is 248 g/mol. The summed E-state index contributed by atoms with van der Waals surface area (Å²) in [6.07, 6.45) is 1.50. The maximum absolute atomic E-state index is 13.0. The van der Waals surface area contributed by atoms with Gasteiger partial charge in [0.15, 0.2) is 11.6 Å². The van der Waals surface area contributed by atoms with Crippen LogP contribution in [0.15, 0.2) is 46.3 Å². The Labute approximate surface area is 101 Å². The van der Waals surface area contributed by atoms with Crippen molar-refractivity contribution < 1.29 is 8.78 Å². The Balaban J connectivity index is 2.25. The van der Waals surface area contributed by atoms with Gasteiger partial charge in [-0.1, -0.05) is 11.8 Å². The van der Waals surface area contributed by atoms with Gasteiger partial charge in [-0.3, -0.25) is 0 Å². The Morgan fingerprint density at radius 1 is 1.06 bits per heavy atom. The van der Waals surface area contributed by atoms with Crippen LogP contribution >= 0.6 is 11.8 Å². The van der Waals surface area contributed by atoms with Gasteiger partial charge in [0.05, 0.1) is 0 Å². The highest BCUT2D eigenvalue weighted by molar-refractivity contribution is 7.99. The van der Waals surface area contributed by atoms with Crippen molar-refractivity contribution in [1.82, 2.24) is 4.98 Å². The molecule has 1 aromatic carbocycles. The first kappa shape index (κ1) is 11.6. The fraction of sp³-hybridized carbons (Fsp3) is 0. The maximum atomic E-state index is 13.0. The number of halogens is 2. The molecular formula is C12H6F2N2S. The summed E-state index contributed by atoms with van der Waals surface area (Å²) in [5.41, 5.74) is 0.289. The predicted octanol–water partition coefficient (Wildman–Crippen LogP) is 3.38. The van der Waals surface area contributed by atoms with Crippen molar-refractivity contribution in [3.8, 4) is 6.07 Å². The van der Waals surface area contributed by atoms with E-state index in [-0.39, 0.29) is 5.69 Å². The lowest BCUT2D eigenvalue weighted by Gasteiger charge is -2.02. The topological polar surface area (TPSA) is 36.7 Å². The number of aromatic nitrogens is 1. The van der Waals surface area contributed by atoms with E-state index in [2.05, 4.69) is 4.98 Å². The normalized spacial score (nSPS) is 9.94. The first-order chi connectivity index (χ1) is 8.19. The molecule has 0 bridgehead atoms. The van der Waals surface area contributed by atoms with Crippen LogP contribution in [0.3, 0.4) is 0 Å². The molecule has 0 radical (unpaired) electrons. The summed E-state index contributed by atoms with van der Waals surface area (Å²) in [6.45, 7) is 0. The fourth-order valence-corrected chi connectivity index (χ4v) is 2.08. The SMILES string of the molecule is N#Cc1cc(Sc2ccc(F)c(F)c2)ccn1. The summed E-state index contributed by atoms with van der Waals surface area (Å²) in [5.74, 6) is -1.76. The van der Waals surface area contributed by atoms with Crippen LogP contribution in [0.1, 0.15) is 5.69 Å². The third kappa shape index (κ3) is 2.80. The van der Waals surface area contributed by atoms with Crippen LogP contribution in [0.5, 0.6) is 0 Å². The minimum absolute atomic E-state index is 0.289.